The second kappa shape index (κ2) is 2.87. The molecular weight excluding hydrogens is 166 g/mol. The molecule has 0 unspecified atom stereocenters. The van der Waals surface area contributed by atoms with E-state index < -0.39 is 0 Å². The molecule has 0 heterocycles. The molecule has 2 aliphatic carbocycles. The van der Waals surface area contributed by atoms with Gasteiger partial charge in [-0.2, -0.15) is 0 Å². The van der Waals surface area contributed by atoms with Crippen LogP contribution in [0.25, 0.3) is 0 Å². The molecule has 2 saturated carbocycles. The van der Waals surface area contributed by atoms with Crippen molar-refractivity contribution in [3.8, 4) is 0 Å². The van der Waals surface area contributed by atoms with Crippen LogP contribution >= 0.6 is 0 Å². The molecule has 13 heavy (non-hydrogen) atoms. The zero-order chi connectivity index (χ0) is 9.47. The van der Waals surface area contributed by atoms with Crippen molar-refractivity contribution in [1.82, 2.24) is 5.48 Å². The van der Waals surface area contributed by atoms with Gasteiger partial charge in [0.15, 0.2) is 0 Å². The summed E-state index contributed by atoms with van der Waals surface area (Å²) in [4.78, 5) is 4.38. The van der Waals surface area contributed by atoms with Gasteiger partial charge in [-0.15, -0.1) is 0 Å². The molecule has 0 radical (unpaired) electrons. The second-order valence-corrected chi connectivity index (χ2v) is 4.38. The van der Waals surface area contributed by atoms with Crippen LogP contribution in [-0.2, 0) is 0 Å². The molecular formula is C9H17N3O. The molecule has 0 aromatic heterocycles. The Balaban J connectivity index is 2.12. The Morgan fingerprint density at radius 3 is 2.15 bits per heavy atom. The van der Waals surface area contributed by atoms with Crippen LogP contribution in [-0.4, -0.2) is 16.7 Å². The van der Waals surface area contributed by atoms with Crippen molar-refractivity contribution in [3.63, 3.8) is 0 Å². The van der Waals surface area contributed by atoms with Crippen LogP contribution in [0, 0.1) is 11.8 Å². The van der Waals surface area contributed by atoms with Gasteiger partial charge in [-0.1, -0.05) is 0 Å². The summed E-state index contributed by atoms with van der Waals surface area (Å²) in [5, 5.41) is 8.60. The highest BCUT2D eigenvalue weighted by Gasteiger charge is 2.51. The fourth-order valence-corrected chi connectivity index (χ4v) is 2.14. The minimum atomic E-state index is -0.0141. The van der Waals surface area contributed by atoms with Gasteiger partial charge in [0.1, 0.15) is 0 Å². The van der Waals surface area contributed by atoms with Crippen molar-refractivity contribution in [1.29, 1.82) is 0 Å². The predicted octanol–water partition coefficient (Wildman–Crippen LogP) is 0.859. The Bertz CT molecular complexity index is 219. The number of rotatable bonds is 3. The average molecular weight is 183 g/mol. The number of guanidine groups is 1. The van der Waals surface area contributed by atoms with Gasteiger partial charge in [-0.3, -0.25) is 5.21 Å². The Labute approximate surface area is 78.2 Å². The lowest BCUT2D eigenvalue weighted by Gasteiger charge is -2.25. The quantitative estimate of drug-likeness (QED) is 0.345. The highest BCUT2D eigenvalue weighted by Crippen LogP contribution is 2.53. The van der Waals surface area contributed by atoms with E-state index in [9.17, 15) is 0 Å². The number of hydroxylamine groups is 1. The van der Waals surface area contributed by atoms with Crippen molar-refractivity contribution in [2.75, 3.05) is 0 Å². The largest absolute Gasteiger partial charge is 0.368 e. The van der Waals surface area contributed by atoms with Crippen LogP contribution in [0.3, 0.4) is 0 Å². The van der Waals surface area contributed by atoms with Crippen molar-refractivity contribution < 1.29 is 5.21 Å². The van der Waals surface area contributed by atoms with Gasteiger partial charge >= 0.3 is 0 Å². The first-order valence-corrected chi connectivity index (χ1v) is 4.92. The van der Waals surface area contributed by atoms with E-state index >= 15 is 0 Å². The molecule has 0 amide bonds. The second-order valence-electron chi connectivity index (χ2n) is 4.38. The van der Waals surface area contributed by atoms with Crippen LogP contribution in [0.15, 0.2) is 4.99 Å². The number of nitrogens with zero attached hydrogens (tertiary/aromatic N) is 1. The minimum Gasteiger partial charge on any atom is -0.368 e. The molecule has 2 fully saturated rings. The Morgan fingerprint density at radius 2 is 1.85 bits per heavy atom. The maximum absolute atomic E-state index is 8.60. The molecule has 4 heteroatoms. The van der Waals surface area contributed by atoms with E-state index in [0.29, 0.717) is 11.8 Å². The maximum atomic E-state index is 8.60. The molecule has 2 rings (SSSR count). The number of hydrogen-bond donors (Lipinski definition) is 3. The summed E-state index contributed by atoms with van der Waals surface area (Å²) in [5.74, 6) is 1.53. The van der Waals surface area contributed by atoms with Crippen LogP contribution in [0.5, 0.6) is 0 Å². The smallest absolute Gasteiger partial charge is 0.213 e. The summed E-state index contributed by atoms with van der Waals surface area (Å²) < 4.78 is 0. The molecule has 4 N–H and O–H groups in total. The summed E-state index contributed by atoms with van der Waals surface area (Å²) in [7, 11) is 0. The van der Waals surface area contributed by atoms with E-state index in [-0.39, 0.29) is 11.5 Å². The Kier molecular flexibility index (Phi) is 1.95. The summed E-state index contributed by atoms with van der Waals surface area (Å²) in [6.45, 7) is 2.16. The maximum Gasteiger partial charge on any atom is 0.213 e. The molecule has 0 bridgehead atoms. The minimum absolute atomic E-state index is 0.0141. The van der Waals surface area contributed by atoms with E-state index in [1.54, 1.807) is 0 Å². The van der Waals surface area contributed by atoms with Gasteiger partial charge in [0.05, 0.1) is 5.54 Å². The molecule has 0 atom stereocenters. The van der Waals surface area contributed by atoms with Crippen LogP contribution in [0.4, 0.5) is 0 Å². The highest BCUT2D eigenvalue weighted by atomic mass is 16.5. The average Bonchev–Trinajstić information content (AvgIpc) is 2.89. The van der Waals surface area contributed by atoms with Gasteiger partial charge < -0.3 is 5.73 Å². The van der Waals surface area contributed by atoms with Gasteiger partial charge in [0.25, 0.3) is 0 Å². The summed E-state index contributed by atoms with van der Waals surface area (Å²) >= 11 is 0. The van der Waals surface area contributed by atoms with Crippen molar-refractivity contribution in [3.05, 3.63) is 0 Å². The fraction of sp³-hybridized carbons (Fsp3) is 0.889. The van der Waals surface area contributed by atoms with Gasteiger partial charge in [-0.25, -0.2) is 10.5 Å². The molecule has 0 aliphatic heterocycles. The normalized spacial score (nSPS) is 24.6. The first kappa shape index (κ1) is 8.81. The standard InChI is InChI=1S/C9H17N3O/c1-9(6-2-3-6,7-4-5-7)11-8(10)12-13/h6-7,13H,2-5H2,1H3,(H3,10,11,12). The third-order valence-electron chi connectivity index (χ3n) is 3.28. The van der Waals surface area contributed by atoms with Gasteiger partial charge in [-0.05, 0) is 44.4 Å². The molecule has 2 aliphatic rings. The van der Waals surface area contributed by atoms with Crippen molar-refractivity contribution in [2.24, 2.45) is 22.6 Å². The topological polar surface area (TPSA) is 70.6 Å². The monoisotopic (exact) mass is 183 g/mol. The molecule has 0 aromatic carbocycles. The number of aliphatic imine (C=N–C) groups is 1. The lowest BCUT2D eigenvalue weighted by Crippen LogP contribution is -2.37. The van der Waals surface area contributed by atoms with Crippen LogP contribution in [0.1, 0.15) is 32.6 Å². The van der Waals surface area contributed by atoms with E-state index in [1.807, 2.05) is 5.48 Å². The zero-order valence-corrected chi connectivity index (χ0v) is 7.95. The molecule has 0 spiro atoms. The third kappa shape index (κ3) is 1.63. The first-order chi connectivity index (χ1) is 6.16. The molecule has 0 saturated heterocycles. The lowest BCUT2D eigenvalue weighted by molar-refractivity contribution is 0.228. The van der Waals surface area contributed by atoms with Crippen molar-refractivity contribution in [2.45, 2.75) is 38.1 Å². The Morgan fingerprint density at radius 1 is 1.38 bits per heavy atom. The van der Waals surface area contributed by atoms with Crippen LogP contribution in [0.2, 0.25) is 0 Å². The summed E-state index contributed by atoms with van der Waals surface area (Å²) in [6, 6.07) is 0. The van der Waals surface area contributed by atoms with E-state index in [2.05, 4.69) is 11.9 Å². The Hall–Kier alpha value is -0.770. The molecule has 4 nitrogen and oxygen atoms in total. The van der Waals surface area contributed by atoms with E-state index in [4.69, 9.17) is 10.9 Å². The van der Waals surface area contributed by atoms with E-state index in [1.165, 1.54) is 25.7 Å². The summed E-state index contributed by atoms with van der Waals surface area (Å²) in [6.07, 6.45) is 5.04. The fourth-order valence-electron chi connectivity index (χ4n) is 2.14. The molecule has 74 valence electrons. The van der Waals surface area contributed by atoms with E-state index in [0.717, 1.165) is 0 Å². The van der Waals surface area contributed by atoms with Gasteiger partial charge in [0.2, 0.25) is 5.96 Å². The zero-order valence-electron chi connectivity index (χ0n) is 7.95. The predicted molar refractivity (Wildman–Crippen MR) is 50.4 cm³/mol. The third-order valence-corrected chi connectivity index (χ3v) is 3.28. The lowest BCUT2D eigenvalue weighted by atomic mass is 9.91. The summed E-state index contributed by atoms with van der Waals surface area (Å²) in [5.41, 5.74) is 7.38. The molecule has 0 aromatic rings. The highest BCUT2D eigenvalue weighted by molar-refractivity contribution is 5.77. The van der Waals surface area contributed by atoms with Crippen LogP contribution < -0.4 is 11.2 Å². The van der Waals surface area contributed by atoms with Gasteiger partial charge in [0, 0.05) is 0 Å². The SMILES string of the molecule is CC(N=C(N)NO)(C1CC1)C1CC1. The number of nitrogens with one attached hydrogen (secondary N) is 1. The number of nitrogens with two attached hydrogens (primary N) is 1. The first-order valence-electron chi connectivity index (χ1n) is 4.92. The van der Waals surface area contributed by atoms with Crippen molar-refractivity contribution >= 4 is 5.96 Å². The number of hydrogen-bond acceptors (Lipinski definition) is 2.